The average molecular weight is 326 g/mol. The average Bonchev–Trinajstić information content (AvgIpc) is 2.48. The highest BCUT2D eigenvalue weighted by atomic mass is 35.5. The fourth-order valence-corrected chi connectivity index (χ4v) is 2.25. The summed E-state index contributed by atoms with van der Waals surface area (Å²) in [7, 11) is 0. The van der Waals surface area contributed by atoms with E-state index in [0.29, 0.717) is 27.5 Å². The molecule has 0 saturated heterocycles. The summed E-state index contributed by atoms with van der Waals surface area (Å²) in [4.78, 5) is 4.33. The fraction of sp³-hybridized carbons (Fsp3) is 0.357. The summed E-state index contributed by atoms with van der Waals surface area (Å²) in [5.41, 5.74) is 0.575. The highest BCUT2D eigenvalue weighted by molar-refractivity contribution is 6.39. The normalized spacial score (nSPS) is 10.4. The van der Waals surface area contributed by atoms with Crippen molar-refractivity contribution in [2.45, 2.75) is 26.2 Å². The zero-order valence-electron chi connectivity index (χ0n) is 11.7. The van der Waals surface area contributed by atoms with Crippen LogP contribution in [0.2, 0.25) is 10.0 Å². The summed E-state index contributed by atoms with van der Waals surface area (Å²) in [5.74, 6) is 1.03. The number of nitrogens with one attached hydrogen (secondary N) is 2. The van der Waals surface area contributed by atoms with Crippen LogP contribution in [0.5, 0.6) is 0 Å². The number of halogens is 2. The van der Waals surface area contributed by atoms with Crippen molar-refractivity contribution in [1.82, 2.24) is 15.2 Å². The highest BCUT2D eigenvalue weighted by Gasteiger charge is 2.08. The van der Waals surface area contributed by atoms with E-state index in [-0.39, 0.29) is 0 Å². The first kappa shape index (κ1) is 15.8. The molecule has 2 N–H and O–H groups in total. The molecular weight excluding hydrogens is 309 g/mol. The van der Waals surface area contributed by atoms with Crippen LogP contribution in [-0.2, 0) is 0 Å². The smallest absolute Gasteiger partial charge is 0.249 e. The van der Waals surface area contributed by atoms with Gasteiger partial charge in [0.25, 0.3) is 0 Å². The molecule has 0 fully saturated rings. The van der Waals surface area contributed by atoms with Crippen molar-refractivity contribution in [2.75, 3.05) is 17.2 Å². The van der Waals surface area contributed by atoms with Crippen molar-refractivity contribution < 1.29 is 0 Å². The molecule has 0 atom stereocenters. The molecule has 7 heteroatoms. The third-order valence-corrected chi connectivity index (χ3v) is 3.47. The van der Waals surface area contributed by atoms with E-state index in [2.05, 4.69) is 32.7 Å². The standard InChI is InChI=1S/C14H17Cl2N5/c1-2-3-4-8-17-12-9-18-21-14(19-12)20-13-10(15)6-5-7-11(13)16/h5-7,9H,2-4,8H2,1H3,(H2,17,19,20,21). The minimum Gasteiger partial charge on any atom is -0.369 e. The SMILES string of the molecule is CCCCCNc1cnnc(Nc2c(Cl)cccc2Cl)n1. The molecule has 0 aliphatic carbocycles. The zero-order chi connectivity index (χ0) is 15.1. The Kier molecular flexibility index (Phi) is 6.02. The number of nitrogens with zero attached hydrogens (tertiary/aromatic N) is 3. The maximum Gasteiger partial charge on any atom is 0.249 e. The minimum absolute atomic E-state index is 0.352. The van der Waals surface area contributed by atoms with E-state index >= 15 is 0 Å². The van der Waals surface area contributed by atoms with Gasteiger partial charge in [0, 0.05) is 6.54 Å². The van der Waals surface area contributed by atoms with Crippen LogP contribution in [0.25, 0.3) is 0 Å². The van der Waals surface area contributed by atoms with Gasteiger partial charge in [0.1, 0.15) is 0 Å². The maximum absolute atomic E-state index is 6.10. The van der Waals surface area contributed by atoms with Gasteiger partial charge >= 0.3 is 0 Å². The van der Waals surface area contributed by atoms with Crippen molar-refractivity contribution >= 4 is 40.7 Å². The third kappa shape index (κ3) is 4.72. The number of benzene rings is 1. The first-order valence-corrected chi connectivity index (χ1v) is 7.61. The molecule has 0 aliphatic heterocycles. The Morgan fingerprint density at radius 1 is 1.14 bits per heavy atom. The second-order valence-corrected chi connectivity index (χ2v) is 5.34. The summed E-state index contributed by atoms with van der Waals surface area (Å²) < 4.78 is 0. The molecular formula is C14H17Cl2N5. The van der Waals surface area contributed by atoms with E-state index in [9.17, 15) is 0 Å². The van der Waals surface area contributed by atoms with E-state index in [4.69, 9.17) is 23.2 Å². The molecule has 2 aromatic rings. The fourth-order valence-electron chi connectivity index (χ4n) is 1.76. The Morgan fingerprint density at radius 2 is 1.90 bits per heavy atom. The summed E-state index contributed by atoms with van der Waals surface area (Å²) in [6.45, 7) is 3.03. The Labute approximate surface area is 134 Å². The van der Waals surface area contributed by atoms with Gasteiger partial charge < -0.3 is 10.6 Å². The molecule has 112 valence electrons. The second kappa shape index (κ2) is 8.00. The van der Waals surface area contributed by atoms with Crippen LogP contribution in [-0.4, -0.2) is 21.7 Å². The Balaban J connectivity index is 2.04. The predicted octanol–water partition coefficient (Wildman–Crippen LogP) is 4.52. The van der Waals surface area contributed by atoms with E-state index in [1.54, 1.807) is 24.4 Å². The van der Waals surface area contributed by atoms with E-state index in [1.165, 1.54) is 12.8 Å². The molecule has 0 saturated carbocycles. The summed E-state index contributed by atoms with van der Waals surface area (Å²) in [6, 6.07) is 5.27. The number of anilines is 3. The van der Waals surface area contributed by atoms with Crippen molar-refractivity contribution in [3.05, 3.63) is 34.4 Å². The van der Waals surface area contributed by atoms with Gasteiger partial charge in [-0.3, -0.25) is 0 Å². The topological polar surface area (TPSA) is 62.7 Å². The molecule has 0 aliphatic rings. The largest absolute Gasteiger partial charge is 0.369 e. The Bertz CT molecular complexity index is 571. The molecule has 0 unspecified atom stereocenters. The van der Waals surface area contributed by atoms with Gasteiger partial charge in [-0.2, -0.15) is 10.1 Å². The summed E-state index contributed by atoms with van der Waals surface area (Å²) in [6.07, 6.45) is 5.05. The highest BCUT2D eigenvalue weighted by Crippen LogP contribution is 2.31. The van der Waals surface area contributed by atoms with Gasteiger partial charge in [0.15, 0.2) is 5.82 Å². The number of unbranched alkanes of at least 4 members (excludes halogenated alkanes) is 2. The van der Waals surface area contributed by atoms with Crippen LogP contribution in [0, 0.1) is 0 Å². The number of para-hydroxylation sites is 1. The van der Waals surface area contributed by atoms with Gasteiger partial charge in [-0.15, -0.1) is 5.10 Å². The molecule has 1 aromatic heterocycles. The second-order valence-electron chi connectivity index (χ2n) is 4.52. The van der Waals surface area contributed by atoms with Crippen LogP contribution < -0.4 is 10.6 Å². The molecule has 0 bridgehead atoms. The predicted molar refractivity (Wildman–Crippen MR) is 87.6 cm³/mol. The van der Waals surface area contributed by atoms with Gasteiger partial charge in [-0.05, 0) is 18.6 Å². The van der Waals surface area contributed by atoms with Crippen molar-refractivity contribution in [1.29, 1.82) is 0 Å². The lowest BCUT2D eigenvalue weighted by molar-refractivity contribution is 0.741. The first-order chi connectivity index (χ1) is 10.2. The minimum atomic E-state index is 0.352. The van der Waals surface area contributed by atoms with Gasteiger partial charge in [-0.25, -0.2) is 0 Å². The summed E-state index contributed by atoms with van der Waals surface area (Å²) >= 11 is 12.2. The number of aromatic nitrogens is 3. The molecule has 0 radical (unpaired) electrons. The lowest BCUT2D eigenvalue weighted by atomic mass is 10.2. The molecule has 1 aromatic carbocycles. The monoisotopic (exact) mass is 325 g/mol. The Morgan fingerprint density at radius 3 is 2.62 bits per heavy atom. The van der Waals surface area contributed by atoms with Crippen LogP contribution in [0.4, 0.5) is 17.5 Å². The van der Waals surface area contributed by atoms with Crippen LogP contribution in [0.1, 0.15) is 26.2 Å². The number of hydrogen-bond acceptors (Lipinski definition) is 5. The molecule has 0 spiro atoms. The Hall–Kier alpha value is -1.59. The zero-order valence-corrected chi connectivity index (χ0v) is 13.2. The molecule has 21 heavy (non-hydrogen) atoms. The maximum atomic E-state index is 6.10. The molecule has 2 rings (SSSR count). The lowest BCUT2D eigenvalue weighted by Crippen LogP contribution is -2.07. The quantitative estimate of drug-likeness (QED) is 0.732. The van der Waals surface area contributed by atoms with Crippen LogP contribution in [0.15, 0.2) is 24.4 Å². The third-order valence-electron chi connectivity index (χ3n) is 2.84. The molecule has 5 nitrogen and oxygen atoms in total. The van der Waals surface area contributed by atoms with E-state index in [0.717, 1.165) is 13.0 Å². The van der Waals surface area contributed by atoms with Crippen LogP contribution in [0.3, 0.4) is 0 Å². The van der Waals surface area contributed by atoms with Gasteiger partial charge in [0.2, 0.25) is 5.95 Å². The number of hydrogen-bond donors (Lipinski definition) is 2. The van der Waals surface area contributed by atoms with Gasteiger partial charge in [0.05, 0.1) is 21.9 Å². The lowest BCUT2D eigenvalue weighted by Gasteiger charge is -2.09. The van der Waals surface area contributed by atoms with Gasteiger partial charge in [-0.1, -0.05) is 49.0 Å². The van der Waals surface area contributed by atoms with Crippen molar-refractivity contribution in [3.8, 4) is 0 Å². The van der Waals surface area contributed by atoms with Crippen LogP contribution >= 0.6 is 23.2 Å². The van der Waals surface area contributed by atoms with E-state index < -0.39 is 0 Å². The first-order valence-electron chi connectivity index (χ1n) is 6.85. The number of rotatable bonds is 7. The van der Waals surface area contributed by atoms with Crippen molar-refractivity contribution in [2.24, 2.45) is 0 Å². The molecule has 1 heterocycles. The summed E-state index contributed by atoms with van der Waals surface area (Å²) in [5, 5.41) is 15.1. The van der Waals surface area contributed by atoms with Crippen molar-refractivity contribution in [3.63, 3.8) is 0 Å². The molecule has 0 amide bonds. The van der Waals surface area contributed by atoms with E-state index in [1.807, 2.05) is 0 Å².